The average Bonchev–Trinajstić information content (AvgIpc) is 3.01. The summed E-state index contributed by atoms with van der Waals surface area (Å²) in [6.07, 6.45) is 3.96. The maximum Gasteiger partial charge on any atom is 0.317 e. The molecule has 0 spiro atoms. The van der Waals surface area contributed by atoms with Gasteiger partial charge in [0.25, 0.3) is 5.91 Å². The van der Waals surface area contributed by atoms with Crippen molar-refractivity contribution in [2.24, 2.45) is 0 Å². The maximum atomic E-state index is 13.0. The molecule has 7 nitrogen and oxygen atoms in total. The number of nitrogens with zero attached hydrogens (tertiary/aromatic N) is 2. The van der Waals surface area contributed by atoms with Gasteiger partial charge in [-0.15, -0.1) is 0 Å². The van der Waals surface area contributed by atoms with Gasteiger partial charge in [0.1, 0.15) is 12.4 Å². The Bertz CT molecular complexity index is 789. The summed E-state index contributed by atoms with van der Waals surface area (Å²) in [5.74, 6) is 0.0750. The fourth-order valence-corrected chi connectivity index (χ4v) is 3.52. The predicted molar refractivity (Wildman–Crippen MR) is 103 cm³/mol. The third-order valence-electron chi connectivity index (χ3n) is 5.07. The molecule has 2 aromatic rings. The second kappa shape index (κ2) is 9.41. The number of para-hydroxylation sites is 1. The molecule has 150 valence electrons. The minimum atomic E-state index is -0.835. The summed E-state index contributed by atoms with van der Waals surface area (Å²) in [6, 6.07) is 11.4. The summed E-state index contributed by atoms with van der Waals surface area (Å²) in [5, 5.41) is 8.98. The number of amides is 1. The van der Waals surface area contributed by atoms with Gasteiger partial charge in [0.05, 0.1) is 12.8 Å². The number of carboxylic acid groups (broad SMARTS) is 1. The van der Waals surface area contributed by atoms with Gasteiger partial charge in [0.2, 0.25) is 0 Å². The van der Waals surface area contributed by atoms with E-state index in [1.165, 1.54) is 6.26 Å². The first-order chi connectivity index (χ1) is 13.5. The van der Waals surface area contributed by atoms with E-state index in [9.17, 15) is 9.59 Å². The molecule has 1 atom stereocenters. The van der Waals surface area contributed by atoms with Gasteiger partial charge in [-0.2, -0.15) is 0 Å². The number of aliphatic carboxylic acids is 1. The van der Waals surface area contributed by atoms with Crippen molar-refractivity contribution < 1.29 is 23.8 Å². The van der Waals surface area contributed by atoms with Crippen LogP contribution >= 0.6 is 0 Å². The van der Waals surface area contributed by atoms with Crippen LogP contribution in [0.2, 0.25) is 0 Å². The van der Waals surface area contributed by atoms with Crippen LogP contribution < -0.4 is 4.74 Å². The first kappa shape index (κ1) is 19.9. The van der Waals surface area contributed by atoms with E-state index in [0.29, 0.717) is 18.8 Å². The van der Waals surface area contributed by atoms with E-state index in [2.05, 4.69) is 0 Å². The van der Waals surface area contributed by atoms with Crippen LogP contribution in [0.4, 0.5) is 0 Å². The number of ether oxygens (including phenoxy) is 1. The molecule has 0 aliphatic carbocycles. The SMILES string of the molecule is CN(CC(=O)O)C1CCCN(C(=O)c2occc2COc2ccccc2)CC1. The van der Waals surface area contributed by atoms with Gasteiger partial charge in [0, 0.05) is 24.7 Å². The smallest absolute Gasteiger partial charge is 0.317 e. The quantitative estimate of drug-likeness (QED) is 0.788. The molecule has 1 fully saturated rings. The predicted octanol–water partition coefficient (Wildman–Crippen LogP) is 2.87. The fourth-order valence-electron chi connectivity index (χ4n) is 3.52. The highest BCUT2D eigenvalue weighted by Gasteiger charge is 2.27. The topological polar surface area (TPSA) is 83.2 Å². The molecule has 1 aliphatic heterocycles. The lowest BCUT2D eigenvalue weighted by atomic mass is 10.1. The van der Waals surface area contributed by atoms with Gasteiger partial charge in [-0.1, -0.05) is 18.2 Å². The van der Waals surface area contributed by atoms with Gasteiger partial charge >= 0.3 is 5.97 Å². The molecular formula is C21H26N2O5. The molecule has 28 heavy (non-hydrogen) atoms. The number of furan rings is 1. The number of hydrogen-bond acceptors (Lipinski definition) is 5. The summed E-state index contributed by atoms with van der Waals surface area (Å²) < 4.78 is 11.2. The van der Waals surface area contributed by atoms with Gasteiger partial charge in [-0.25, -0.2) is 0 Å². The van der Waals surface area contributed by atoms with Gasteiger partial charge < -0.3 is 19.2 Å². The fraction of sp³-hybridized carbons (Fsp3) is 0.429. The van der Waals surface area contributed by atoms with E-state index in [1.807, 2.05) is 42.3 Å². The van der Waals surface area contributed by atoms with Crippen LogP contribution in [0.5, 0.6) is 5.75 Å². The largest absolute Gasteiger partial charge is 0.489 e. The number of benzene rings is 1. The molecule has 2 heterocycles. The van der Waals surface area contributed by atoms with E-state index in [1.54, 1.807) is 11.0 Å². The minimum Gasteiger partial charge on any atom is -0.489 e. The Hall–Kier alpha value is -2.80. The monoisotopic (exact) mass is 386 g/mol. The number of hydrogen-bond donors (Lipinski definition) is 1. The Kier molecular flexibility index (Phi) is 6.71. The van der Waals surface area contributed by atoms with Crippen LogP contribution in [0.1, 0.15) is 35.4 Å². The highest BCUT2D eigenvalue weighted by atomic mass is 16.5. The van der Waals surface area contributed by atoms with Crippen molar-refractivity contribution >= 4 is 11.9 Å². The molecule has 1 amide bonds. The molecule has 3 rings (SSSR count). The molecule has 1 unspecified atom stereocenters. The third kappa shape index (κ3) is 5.13. The zero-order chi connectivity index (χ0) is 19.9. The number of carboxylic acids is 1. The number of likely N-dealkylation sites (tertiary alicyclic amines) is 1. The van der Waals surface area contributed by atoms with E-state index in [4.69, 9.17) is 14.3 Å². The van der Waals surface area contributed by atoms with E-state index in [0.717, 1.165) is 30.6 Å². The Labute approximate surface area is 164 Å². The van der Waals surface area contributed by atoms with Crippen molar-refractivity contribution in [3.63, 3.8) is 0 Å². The van der Waals surface area contributed by atoms with Crippen LogP contribution in [-0.4, -0.2) is 59.5 Å². The number of likely N-dealkylation sites (N-methyl/N-ethyl adjacent to an activating group) is 1. The lowest BCUT2D eigenvalue weighted by Crippen LogP contribution is -2.37. The molecule has 7 heteroatoms. The maximum absolute atomic E-state index is 13.0. The van der Waals surface area contributed by atoms with Gasteiger partial charge in [0.15, 0.2) is 5.76 Å². The Morgan fingerprint density at radius 3 is 2.75 bits per heavy atom. The van der Waals surface area contributed by atoms with Gasteiger partial charge in [-0.05, 0) is 44.5 Å². The summed E-state index contributed by atoms with van der Waals surface area (Å²) in [7, 11) is 1.82. The molecule has 0 saturated carbocycles. The molecule has 1 N–H and O–H groups in total. The minimum absolute atomic E-state index is 0.0117. The average molecular weight is 386 g/mol. The highest BCUT2D eigenvalue weighted by molar-refractivity contribution is 5.93. The third-order valence-corrected chi connectivity index (χ3v) is 5.07. The van der Waals surface area contributed by atoms with Gasteiger partial charge in [-0.3, -0.25) is 14.5 Å². The van der Waals surface area contributed by atoms with Crippen LogP contribution in [-0.2, 0) is 11.4 Å². The molecule has 1 aromatic carbocycles. The summed E-state index contributed by atoms with van der Waals surface area (Å²) in [6.45, 7) is 1.49. The molecule has 0 radical (unpaired) electrons. The van der Waals surface area contributed by atoms with E-state index < -0.39 is 5.97 Å². The van der Waals surface area contributed by atoms with Crippen LogP contribution in [0.15, 0.2) is 47.1 Å². The lowest BCUT2D eigenvalue weighted by Gasteiger charge is -2.25. The van der Waals surface area contributed by atoms with Crippen molar-refractivity contribution in [2.45, 2.75) is 31.9 Å². The zero-order valence-electron chi connectivity index (χ0n) is 16.0. The first-order valence-corrected chi connectivity index (χ1v) is 9.50. The molecule has 0 bridgehead atoms. The second-order valence-electron chi connectivity index (χ2n) is 7.06. The van der Waals surface area contributed by atoms with Crippen molar-refractivity contribution in [3.05, 3.63) is 54.0 Å². The zero-order valence-corrected chi connectivity index (χ0v) is 16.0. The number of rotatable bonds is 7. The van der Waals surface area contributed by atoms with Crippen molar-refractivity contribution in [2.75, 3.05) is 26.7 Å². The van der Waals surface area contributed by atoms with E-state index >= 15 is 0 Å². The Balaban J connectivity index is 1.60. The van der Waals surface area contributed by atoms with Crippen molar-refractivity contribution in [3.8, 4) is 5.75 Å². The molecular weight excluding hydrogens is 360 g/mol. The molecule has 1 aromatic heterocycles. The summed E-state index contributed by atoms with van der Waals surface area (Å²) in [5.41, 5.74) is 0.720. The number of carbonyl (C=O) groups is 2. The standard InChI is InChI=1S/C21H26N2O5/c1-22(14-19(24)25)17-6-5-11-23(12-9-17)21(26)20-16(10-13-27-20)15-28-18-7-3-2-4-8-18/h2-4,7-8,10,13,17H,5-6,9,11-12,14-15H2,1H3,(H,24,25). The summed E-state index contributed by atoms with van der Waals surface area (Å²) in [4.78, 5) is 27.5. The van der Waals surface area contributed by atoms with E-state index in [-0.39, 0.29) is 25.1 Å². The molecule has 1 aliphatic rings. The first-order valence-electron chi connectivity index (χ1n) is 9.50. The lowest BCUT2D eigenvalue weighted by molar-refractivity contribution is -0.138. The number of carbonyl (C=O) groups excluding carboxylic acids is 1. The van der Waals surface area contributed by atoms with Crippen molar-refractivity contribution in [1.82, 2.24) is 9.80 Å². The van der Waals surface area contributed by atoms with Crippen LogP contribution in [0.25, 0.3) is 0 Å². The normalized spacial score (nSPS) is 17.4. The highest BCUT2D eigenvalue weighted by Crippen LogP contribution is 2.21. The molecule has 1 saturated heterocycles. The Morgan fingerprint density at radius 2 is 2.00 bits per heavy atom. The van der Waals surface area contributed by atoms with Crippen LogP contribution in [0.3, 0.4) is 0 Å². The van der Waals surface area contributed by atoms with Crippen molar-refractivity contribution in [1.29, 1.82) is 0 Å². The Morgan fingerprint density at radius 1 is 1.21 bits per heavy atom. The van der Waals surface area contributed by atoms with Crippen LogP contribution in [0, 0.1) is 0 Å². The summed E-state index contributed by atoms with van der Waals surface area (Å²) >= 11 is 0. The second-order valence-corrected chi connectivity index (χ2v) is 7.06.